The molecular formula is C23H25NO4. The number of hydrogen-bond acceptors (Lipinski definition) is 3. The van der Waals surface area contributed by atoms with Crippen molar-refractivity contribution >= 4 is 11.9 Å². The average molecular weight is 379 g/mol. The van der Waals surface area contributed by atoms with Gasteiger partial charge < -0.3 is 14.7 Å². The molecule has 2 aliphatic rings. The lowest BCUT2D eigenvalue weighted by atomic mass is 10.00. The lowest BCUT2D eigenvalue weighted by molar-refractivity contribution is -0.148. The highest BCUT2D eigenvalue weighted by molar-refractivity contribution is 5.84. The number of nitrogens with zero attached hydrogens (tertiary/aromatic N) is 1. The van der Waals surface area contributed by atoms with Gasteiger partial charge in [0.05, 0.1) is 6.10 Å². The maximum atomic E-state index is 12.6. The van der Waals surface area contributed by atoms with Crippen LogP contribution in [0.5, 0.6) is 0 Å². The summed E-state index contributed by atoms with van der Waals surface area (Å²) in [4.78, 5) is 25.5. The van der Waals surface area contributed by atoms with Gasteiger partial charge in [-0.25, -0.2) is 4.79 Å². The van der Waals surface area contributed by atoms with Crippen molar-refractivity contribution in [3.05, 3.63) is 59.2 Å². The Kier molecular flexibility index (Phi) is 5.18. The van der Waals surface area contributed by atoms with Gasteiger partial charge in [0.25, 0.3) is 0 Å². The first-order valence-corrected chi connectivity index (χ1v) is 9.82. The van der Waals surface area contributed by atoms with Crippen molar-refractivity contribution in [3.8, 4) is 11.1 Å². The van der Waals surface area contributed by atoms with Crippen LogP contribution in [-0.4, -0.2) is 47.7 Å². The van der Waals surface area contributed by atoms with E-state index in [9.17, 15) is 14.7 Å². The van der Waals surface area contributed by atoms with E-state index >= 15 is 0 Å². The summed E-state index contributed by atoms with van der Waals surface area (Å²) in [5, 5.41) is 9.37. The zero-order valence-electron chi connectivity index (χ0n) is 16.1. The molecule has 1 amide bonds. The minimum atomic E-state index is -0.954. The van der Waals surface area contributed by atoms with Crippen molar-refractivity contribution < 1.29 is 19.4 Å². The molecule has 0 spiro atoms. The Labute approximate surface area is 164 Å². The van der Waals surface area contributed by atoms with Gasteiger partial charge in [0.1, 0.15) is 6.04 Å². The summed E-state index contributed by atoms with van der Waals surface area (Å²) in [6.07, 6.45) is 3.02. The van der Waals surface area contributed by atoms with Gasteiger partial charge in [-0.05, 0) is 47.1 Å². The summed E-state index contributed by atoms with van der Waals surface area (Å²) in [6, 6.07) is 14.3. The quantitative estimate of drug-likeness (QED) is 0.714. The smallest absolute Gasteiger partial charge is 0.326 e. The molecule has 28 heavy (non-hydrogen) atoms. The molecule has 2 aromatic rings. The van der Waals surface area contributed by atoms with Crippen LogP contribution in [0.15, 0.2) is 42.5 Å². The first kappa shape index (κ1) is 18.7. The predicted octanol–water partition coefficient (Wildman–Crippen LogP) is 3.28. The molecule has 5 nitrogen and oxygen atoms in total. The van der Waals surface area contributed by atoms with Gasteiger partial charge in [-0.2, -0.15) is 0 Å². The largest absolute Gasteiger partial charge is 0.480 e. The van der Waals surface area contributed by atoms with Crippen molar-refractivity contribution in [3.63, 3.8) is 0 Å². The van der Waals surface area contributed by atoms with Gasteiger partial charge in [-0.1, -0.05) is 42.5 Å². The van der Waals surface area contributed by atoms with Crippen LogP contribution in [0.3, 0.4) is 0 Å². The molecule has 1 aliphatic carbocycles. The Morgan fingerprint density at radius 1 is 1.14 bits per heavy atom. The summed E-state index contributed by atoms with van der Waals surface area (Å²) in [6.45, 7) is 0.363. The molecule has 1 fully saturated rings. The number of methoxy groups -OCH3 is 1. The third-order valence-corrected chi connectivity index (χ3v) is 5.92. The fourth-order valence-corrected chi connectivity index (χ4v) is 4.39. The number of carbonyl (C=O) groups is 2. The van der Waals surface area contributed by atoms with Crippen LogP contribution in [0.2, 0.25) is 0 Å². The molecule has 146 valence electrons. The standard InChI is InChI=1S/C23H25NO4/c1-28-18-13-21(23(26)27)24(14-18)22(25)8-4-5-15-9-10-17-12-16-6-2-3-7-19(16)20(17)11-15/h2-3,6-7,9-11,18,21H,4-5,8,12-14H2,1H3,(H,26,27). The van der Waals surface area contributed by atoms with Gasteiger partial charge in [0.2, 0.25) is 5.91 Å². The van der Waals surface area contributed by atoms with E-state index in [2.05, 4.69) is 42.5 Å². The monoisotopic (exact) mass is 379 g/mol. The van der Waals surface area contributed by atoms with E-state index in [1.807, 2.05) is 0 Å². The number of amides is 1. The van der Waals surface area contributed by atoms with E-state index in [-0.39, 0.29) is 12.0 Å². The van der Waals surface area contributed by atoms with E-state index in [4.69, 9.17) is 4.74 Å². The number of aryl methyl sites for hydroxylation is 1. The van der Waals surface area contributed by atoms with Crippen LogP contribution in [0.4, 0.5) is 0 Å². The van der Waals surface area contributed by atoms with Gasteiger partial charge in [0, 0.05) is 26.5 Å². The minimum absolute atomic E-state index is 0.0987. The molecule has 4 rings (SSSR count). The highest BCUT2D eigenvalue weighted by Crippen LogP contribution is 2.37. The third kappa shape index (κ3) is 3.54. The van der Waals surface area contributed by atoms with Crippen LogP contribution < -0.4 is 0 Å². The van der Waals surface area contributed by atoms with Crippen LogP contribution in [0.25, 0.3) is 11.1 Å². The Hall–Kier alpha value is -2.66. The molecule has 0 bridgehead atoms. The molecule has 2 aromatic carbocycles. The molecule has 5 heteroatoms. The lowest BCUT2D eigenvalue weighted by Gasteiger charge is -2.21. The number of likely N-dealkylation sites (tertiary alicyclic amines) is 1. The van der Waals surface area contributed by atoms with E-state index in [0.29, 0.717) is 25.8 Å². The van der Waals surface area contributed by atoms with Crippen molar-refractivity contribution in [1.29, 1.82) is 0 Å². The fraction of sp³-hybridized carbons (Fsp3) is 0.391. The number of carboxylic acids is 1. The number of carboxylic acid groups (broad SMARTS) is 1. The summed E-state index contributed by atoms with van der Waals surface area (Å²) in [5.41, 5.74) is 6.55. The number of rotatable bonds is 6. The molecule has 1 heterocycles. The van der Waals surface area contributed by atoms with Crippen molar-refractivity contribution in [1.82, 2.24) is 4.90 Å². The molecule has 1 N–H and O–H groups in total. The minimum Gasteiger partial charge on any atom is -0.480 e. The van der Waals surface area contributed by atoms with Gasteiger partial charge >= 0.3 is 5.97 Å². The van der Waals surface area contributed by atoms with Crippen LogP contribution in [0.1, 0.15) is 36.0 Å². The summed E-state index contributed by atoms with van der Waals surface area (Å²) in [5.74, 6) is -1.05. The first-order chi connectivity index (χ1) is 13.6. The Morgan fingerprint density at radius 2 is 1.93 bits per heavy atom. The van der Waals surface area contributed by atoms with Crippen molar-refractivity contribution in [2.24, 2.45) is 0 Å². The molecule has 0 aromatic heterocycles. The number of aliphatic carboxylic acids is 1. The SMILES string of the molecule is COC1CC(C(=O)O)N(C(=O)CCCc2ccc3c(c2)-c2ccccc2C3)C1. The number of fused-ring (bicyclic) bond motifs is 3. The zero-order chi connectivity index (χ0) is 19.7. The predicted molar refractivity (Wildman–Crippen MR) is 106 cm³/mol. The van der Waals surface area contributed by atoms with E-state index in [1.54, 1.807) is 7.11 Å². The summed E-state index contributed by atoms with van der Waals surface area (Å²) in [7, 11) is 1.56. The lowest BCUT2D eigenvalue weighted by Crippen LogP contribution is -2.40. The molecule has 2 unspecified atom stereocenters. The van der Waals surface area contributed by atoms with Crippen molar-refractivity contribution in [2.45, 2.75) is 44.2 Å². The van der Waals surface area contributed by atoms with Gasteiger partial charge in [0.15, 0.2) is 0 Å². The van der Waals surface area contributed by atoms with E-state index < -0.39 is 12.0 Å². The maximum Gasteiger partial charge on any atom is 0.326 e. The zero-order valence-corrected chi connectivity index (χ0v) is 16.1. The maximum absolute atomic E-state index is 12.6. The summed E-state index contributed by atoms with van der Waals surface area (Å²) >= 11 is 0. The van der Waals surface area contributed by atoms with Crippen LogP contribution in [-0.2, 0) is 27.2 Å². The third-order valence-electron chi connectivity index (χ3n) is 5.92. The Bertz CT molecular complexity index is 907. The van der Waals surface area contributed by atoms with E-state index in [0.717, 1.165) is 12.8 Å². The number of benzene rings is 2. The second kappa shape index (κ2) is 7.76. The van der Waals surface area contributed by atoms with Crippen molar-refractivity contribution in [2.75, 3.05) is 13.7 Å². The van der Waals surface area contributed by atoms with Gasteiger partial charge in [-0.15, -0.1) is 0 Å². The normalized spacial score (nSPS) is 20.1. The molecule has 2 atom stereocenters. The molecule has 1 saturated heterocycles. The van der Waals surface area contributed by atoms with Crippen LogP contribution in [0, 0.1) is 0 Å². The number of carbonyl (C=O) groups excluding carboxylic acids is 1. The van der Waals surface area contributed by atoms with Crippen LogP contribution >= 0.6 is 0 Å². The highest BCUT2D eigenvalue weighted by Gasteiger charge is 2.39. The molecular weight excluding hydrogens is 354 g/mol. The Balaban J connectivity index is 1.37. The second-order valence-corrected chi connectivity index (χ2v) is 7.67. The van der Waals surface area contributed by atoms with E-state index in [1.165, 1.54) is 32.7 Å². The average Bonchev–Trinajstić information content (AvgIpc) is 3.29. The van der Waals surface area contributed by atoms with Gasteiger partial charge in [-0.3, -0.25) is 4.79 Å². The molecule has 1 aliphatic heterocycles. The fourth-order valence-electron chi connectivity index (χ4n) is 4.39. The molecule has 0 radical (unpaired) electrons. The number of hydrogen-bond donors (Lipinski definition) is 1. The topological polar surface area (TPSA) is 66.8 Å². The second-order valence-electron chi connectivity index (χ2n) is 7.67. The first-order valence-electron chi connectivity index (χ1n) is 9.82. The Morgan fingerprint density at radius 3 is 2.71 bits per heavy atom. The summed E-state index contributed by atoms with van der Waals surface area (Å²) < 4.78 is 5.26. The highest BCUT2D eigenvalue weighted by atomic mass is 16.5. The number of ether oxygens (including phenoxy) is 1. The molecule has 0 saturated carbocycles.